The van der Waals surface area contributed by atoms with Gasteiger partial charge >= 0.3 is 0 Å². The monoisotopic (exact) mass is 151 g/mol. The quantitative estimate of drug-likeness (QED) is 0.461. The molecule has 0 spiro atoms. The number of amides is 1. The number of likely N-dealkylation sites (N-methyl/N-ethyl adjacent to an activating group) is 1. The molecule has 1 amide bonds. The summed E-state index contributed by atoms with van der Waals surface area (Å²) in [6.07, 6.45) is 5.94. The second-order valence-electron chi connectivity index (χ2n) is 3.24. The minimum Gasteiger partial charge on any atom is -0.369 e. The molecule has 2 fully saturated rings. The van der Waals surface area contributed by atoms with Gasteiger partial charge in [-0.25, -0.2) is 0 Å². The Hall–Kier alpha value is -1.01. The molecule has 0 radical (unpaired) electrons. The van der Waals surface area contributed by atoms with E-state index in [2.05, 4.69) is 5.92 Å². The van der Waals surface area contributed by atoms with Gasteiger partial charge in [-0.2, -0.15) is 0 Å². The Kier molecular flexibility index (Phi) is 0.967. The van der Waals surface area contributed by atoms with Crippen LogP contribution in [0.3, 0.4) is 0 Å². The molecule has 2 rings (SSSR count). The highest BCUT2D eigenvalue weighted by atomic mass is 16.3. The highest BCUT2D eigenvalue weighted by molar-refractivity contribution is 5.93. The van der Waals surface area contributed by atoms with E-state index in [0.29, 0.717) is 0 Å². The second kappa shape index (κ2) is 1.59. The van der Waals surface area contributed by atoms with Gasteiger partial charge in [0, 0.05) is 19.0 Å². The molecule has 2 aliphatic rings. The molecule has 0 aromatic carbocycles. The average molecular weight is 151 g/mol. The van der Waals surface area contributed by atoms with Crippen molar-refractivity contribution in [3.63, 3.8) is 0 Å². The summed E-state index contributed by atoms with van der Waals surface area (Å²) >= 11 is 0. The van der Waals surface area contributed by atoms with Crippen molar-refractivity contribution in [1.29, 1.82) is 0 Å². The minimum absolute atomic E-state index is 0.00926. The Morgan fingerprint density at radius 1 is 1.91 bits per heavy atom. The molecule has 58 valence electrons. The number of likely N-dealkylation sites (tertiary alicyclic amines) is 1. The molecular weight excluding hydrogens is 142 g/mol. The van der Waals surface area contributed by atoms with E-state index in [-0.39, 0.29) is 17.9 Å². The summed E-state index contributed by atoms with van der Waals surface area (Å²) in [5.74, 6) is 1.85. The molecule has 11 heavy (non-hydrogen) atoms. The van der Waals surface area contributed by atoms with Gasteiger partial charge in [-0.15, -0.1) is 6.42 Å². The third-order valence-corrected chi connectivity index (χ3v) is 2.66. The third-order valence-electron chi connectivity index (χ3n) is 2.66. The predicted molar refractivity (Wildman–Crippen MR) is 38.4 cm³/mol. The molecule has 1 heterocycles. The Bertz CT molecular complexity index is 268. The molecule has 3 atom stereocenters. The maximum absolute atomic E-state index is 11.2. The maximum Gasteiger partial charge on any atom is 0.267 e. The number of terminal acetylenes is 1. The molecule has 3 heteroatoms. The summed E-state index contributed by atoms with van der Waals surface area (Å²) in [6, 6.07) is 0.198. The highest BCUT2D eigenvalue weighted by Crippen LogP contribution is 2.50. The van der Waals surface area contributed by atoms with Crippen LogP contribution in [0.5, 0.6) is 0 Å². The van der Waals surface area contributed by atoms with E-state index in [1.54, 1.807) is 11.9 Å². The summed E-state index contributed by atoms with van der Waals surface area (Å²) in [6.45, 7) is 0. The van der Waals surface area contributed by atoms with Gasteiger partial charge in [-0.05, 0) is 6.42 Å². The number of piperidine rings is 1. The first kappa shape index (κ1) is 6.68. The number of nitrogens with zero attached hydrogens (tertiary/aromatic N) is 1. The Morgan fingerprint density at radius 3 is 2.82 bits per heavy atom. The second-order valence-corrected chi connectivity index (χ2v) is 3.24. The molecule has 1 aliphatic heterocycles. The highest BCUT2D eigenvalue weighted by Gasteiger charge is 2.65. The van der Waals surface area contributed by atoms with Crippen molar-refractivity contribution in [3.8, 4) is 12.3 Å². The van der Waals surface area contributed by atoms with Crippen molar-refractivity contribution in [2.24, 2.45) is 5.92 Å². The van der Waals surface area contributed by atoms with Crippen LogP contribution in [-0.4, -0.2) is 34.6 Å². The van der Waals surface area contributed by atoms with Gasteiger partial charge in [-0.3, -0.25) is 4.79 Å². The first-order valence-corrected chi connectivity index (χ1v) is 3.58. The zero-order valence-electron chi connectivity index (χ0n) is 6.24. The third kappa shape index (κ3) is 0.561. The zero-order chi connectivity index (χ0) is 8.22. The average Bonchev–Trinajstić information content (AvgIpc) is 2.75. The van der Waals surface area contributed by atoms with Crippen molar-refractivity contribution >= 4 is 5.91 Å². The van der Waals surface area contributed by atoms with Crippen LogP contribution in [0, 0.1) is 18.3 Å². The summed E-state index contributed by atoms with van der Waals surface area (Å²) in [5, 5.41) is 9.62. The van der Waals surface area contributed by atoms with Gasteiger partial charge in [0.15, 0.2) is 0 Å². The number of rotatable bonds is 0. The van der Waals surface area contributed by atoms with E-state index < -0.39 is 5.60 Å². The van der Waals surface area contributed by atoms with Crippen molar-refractivity contribution in [3.05, 3.63) is 0 Å². The van der Waals surface area contributed by atoms with Crippen LogP contribution in [0.25, 0.3) is 0 Å². The Labute approximate surface area is 65.0 Å². The summed E-state index contributed by atoms with van der Waals surface area (Å²) in [7, 11) is 1.68. The number of hydrogen-bond donors (Lipinski definition) is 1. The fourth-order valence-electron chi connectivity index (χ4n) is 1.81. The number of hydrogen-bond acceptors (Lipinski definition) is 2. The molecule has 0 aromatic rings. The van der Waals surface area contributed by atoms with Gasteiger partial charge in [0.25, 0.3) is 5.91 Å². The topological polar surface area (TPSA) is 40.5 Å². The summed E-state index contributed by atoms with van der Waals surface area (Å²) in [4.78, 5) is 12.8. The lowest BCUT2D eigenvalue weighted by Gasteiger charge is -2.18. The molecule has 3 nitrogen and oxygen atoms in total. The standard InChI is InChI=1S/C8H9NO2/c1-3-8(11)5-4-6(5)9(2)7(8)10/h1,5-6,11H,4H2,2H3/t5-,6?,8+/m0/s1. The van der Waals surface area contributed by atoms with Crippen LogP contribution in [0.2, 0.25) is 0 Å². The SMILES string of the molecule is C#C[C@]1(O)C(=O)N(C)C2C[C@@H]21. The lowest BCUT2D eigenvalue weighted by molar-refractivity contribution is -0.140. The van der Waals surface area contributed by atoms with E-state index in [1.807, 2.05) is 0 Å². The molecule has 1 unspecified atom stereocenters. The smallest absolute Gasteiger partial charge is 0.267 e. The van der Waals surface area contributed by atoms with Crippen LogP contribution < -0.4 is 0 Å². The van der Waals surface area contributed by atoms with Crippen LogP contribution >= 0.6 is 0 Å². The van der Waals surface area contributed by atoms with E-state index in [4.69, 9.17) is 6.42 Å². The molecule has 1 aliphatic carbocycles. The van der Waals surface area contributed by atoms with Crippen molar-refractivity contribution in [2.75, 3.05) is 7.05 Å². The molecular formula is C8H9NO2. The van der Waals surface area contributed by atoms with Gasteiger partial charge in [0.05, 0.1) is 0 Å². The summed E-state index contributed by atoms with van der Waals surface area (Å²) < 4.78 is 0. The predicted octanol–water partition coefficient (Wildman–Crippen LogP) is -0.789. The van der Waals surface area contributed by atoms with E-state index in [9.17, 15) is 9.90 Å². The van der Waals surface area contributed by atoms with E-state index >= 15 is 0 Å². The van der Waals surface area contributed by atoms with Crippen molar-refractivity contribution in [1.82, 2.24) is 4.90 Å². The Morgan fingerprint density at radius 2 is 2.55 bits per heavy atom. The summed E-state index contributed by atoms with van der Waals surface area (Å²) in [5.41, 5.74) is -1.49. The number of fused-ring (bicyclic) bond motifs is 1. The van der Waals surface area contributed by atoms with Gasteiger partial charge < -0.3 is 10.0 Å². The van der Waals surface area contributed by atoms with Gasteiger partial charge in [-0.1, -0.05) is 5.92 Å². The Balaban J connectivity index is 2.39. The van der Waals surface area contributed by atoms with E-state index in [1.165, 1.54) is 0 Å². The normalized spacial score (nSPS) is 47.0. The molecule has 1 saturated heterocycles. The first-order chi connectivity index (χ1) is 5.11. The van der Waals surface area contributed by atoms with Crippen LogP contribution in [0.1, 0.15) is 6.42 Å². The van der Waals surface area contributed by atoms with Crippen LogP contribution in [0.15, 0.2) is 0 Å². The fourth-order valence-corrected chi connectivity index (χ4v) is 1.81. The van der Waals surface area contributed by atoms with Crippen LogP contribution in [-0.2, 0) is 4.79 Å². The lowest BCUT2D eigenvalue weighted by atomic mass is 10.0. The van der Waals surface area contributed by atoms with E-state index in [0.717, 1.165) is 6.42 Å². The number of carbonyl (C=O) groups is 1. The molecule has 1 saturated carbocycles. The molecule has 1 N–H and O–H groups in total. The fraction of sp³-hybridized carbons (Fsp3) is 0.625. The first-order valence-electron chi connectivity index (χ1n) is 3.58. The van der Waals surface area contributed by atoms with Crippen molar-refractivity contribution in [2.45, 2.75) is 18.1 Å². The molecule has 0 bridgehead atoms. The van der Waals surface area contributed by atoms with Gasteiger partial charge in [0.1, 0.15) is 0 Å². The largest absolute Gasteiger partial charge is 0.369 e. The zero-order valence-corrected chi connectivity index (χ0v) is 6.24. The van der Waals surface area contributed by atoms with Gasteiger partial charge in [0.2, 0.25) is 5.60 Å². The minimum atomic E-state index is -1.49. The van der Waals surface area contributed by atoms with Crippen molar-refractivity contribution < 1.29 is 9.90 Å². The van der Waals surface area contributed by atoms with Crippen LogP contribution in [0.4, 0.5) is 0 Å². The maximum atomic E-state index is 11.2. The number of carbonyl (C=O) groups excluding carboxylic acids is 1. The lowest BCUT2D eigenvalue weighted by Crippen LogP contribution is -2.41. The number of aliphatic hydroxyl groups is 1. The molecule has 0 aromatic heterocycles.